The molecule has 0 aliphatic carbocycles. The average molecular weight is 169 g/mol. The van der Waals surface area contributed by atoms with Crippen molar-refractivity contribution in [2.24, 2.45) is 0 Å². The number of likely N-dealkylation sites (tertiary alicyclic amines) is 1. The number of carbonyl (C=O) groups excluding carboxylic acids is 1. The van der Waals surface area contributed by atoms with E-state index >= 15 is 0 Å². The van der Waals surface area contributed by atoms with Gasteiger partial charge in [-0.3, -0.25) is 4.90 Å². The van der Waals surface area contributed by atoms with Gasteiger partial charge in [0, 0.05) is 6.04 Å². The molecule has 1 atom stereocenters. The lowest BCUT2D eigenvalue weighted by Gasteiger charge is -2.35. The predicted molar refractivity (Wildman–Crippen MR) is 50.2 cm³/mol. The van der Waals surface area contributed by atoms with Gasteiger partial charge >= 0.3 is 0 Å². The zero-order chi connectivity index (χ0) is 9.19. The molecule has 2 nitrogen and oxygen atoms in total. The summed E-state index contributed by atoms with van der Waals surface area (Å²) in [4.78, 5) is 13.2. The van der Waals surface area contributed by atoms with Gasteiger partial charge in [0.05, 0.1) is 5.54 Å². The third-order valence-electron chi connectivity index (χ3n) is 2.88. The highest BCUT2D eigenvalue weighted by Gasteiger charge is 2.34. The Morgan fingerprint density at radius 1 is 1.58 bits per heavy atom. The molecule has 1 saturated heterocycles. The fraction of sp³-hybridized carbons (Fsp3) is 0.900. The number of aldehydes is 1. The fourth-order valence-corrected chi connectivity index (χ4v) is 2.09. The van der Waals surface area contributed by atoms with Crippen LogP contribution in [0.2, 0.25) is 0 Å². The summed E-state index contributed by atoms with van der Waals surface area (Å²) in [5.41, 5.74) is -0.253. The van der Waals surface area contributed by atoms with Gasteiger partial charge in [0.15, 0.2) is 0 Å². The van der Waals surface area contributed by atoms with Crippen LogP contribution in [0.1, 0.15) is 40.0 Å². The van der Waals surface area contributed by atoms with Gasteiger partial charge in [0.25, 0.3) is 0 Å². The molecule has 1 aliphatic heterocycles. The quantitative estimate of drug-likeness (QED) is 0.601. The van der Waals surface area contributed by atoms with Gasteiger partial charge in [-0.15, -0.1) is 0 Å². The summed E-state index contributed by atoms with van der Waals surface area (Å²) in [7, 11) is 0. The Bertz CT molecular complexity index is 165. The van der Waals surface area contributed by atoms with Crippen LogP contribution in [-0.2, 0) is 4.79 Å². The first-order chi connectivity index (χ1) is 5.61. The van der Waals surface area contributed by atoms with Crippen molar-refractivity contribution in [3.05, 3.63) is 0 Å². The van der Waals surface area contributed by atoms with E-state index < -0.39 is 0 Å². The Morgan fingerprint density at radius 3 is 2.75 bits per heavy atom. The third-order valence-corrected chi connectivity index (χ3v) is 2.88. The monoisotopic (exact) mass is 169 g/mol. The maximum atomic E-state index is 10.8. The molecule has 1 unspecified atom stereocenters. The van der Waals surface area contributed by atoms with Crippen LogP contribution in [-0.4, -0.2) is 29.3 Å². The number of nitrogens with zero attached hydrogens (tertiary/aromatic N) is 1. The van der Waals surface area contributed by atoms with Crippen LogP contribution < -0.4 is 0 Å². The number of rotatable bonds is 3. The van der Waals surface area contributed by atoms with Crippen LogP contribution in [0.25, 0.3) is 0 Å². The van der Waals surface area contributed by atoms with Crippen molar-refractivity contribution in [2.75, 3.05) is 6.54 Å². The summed E-state index contributed by atoms with van der Waals surface area (Å²) >= 11 is 0. The van der Waals surface area contributed by atoms with E-state index in [1.807, 2.05) is 13.8 Å². The molecule has 0 spiro atoms. The first-order valence-corrected chi connectivity index (χ1v) is 4.85. The van der Waals surface area contributed by atoms with Gasteiger partial charge in [-0.25, -0.2) is 0 Å². The van der Waals surface area contributed by atoms with E-state index in [0.29, 0.717) is 6.04 Å². The smallest absolute Gasteiger partial charge is 0.139 e. The molecule has 0 aromatic heterocycles. The van der Waals surface area contributed by atoms with Gasteiger partial charge in [-0.2, -0.15) is 0 Å². The van der Waals surface area contributed by atoms with E-state index in [4.69, 9.17) is 0 Å². The van der Waals surface area contributed by atoms with Crippen molar-refractivity contribution in [1.82, 2.24) is 4.90 Å². The van der Waals surface area contributed by atoms with E-state index in [1.165, 1.54) is 12.8 Å². The van der Waals surface area contributed by atoms with E-state index in [1.54, 1.807) is 0 Å². The number of hydrogen-bond donors (Lipinski definition) is 0. The lowest BCUT2D eigenvalue weighted by atomic mass is 10.0. The summed E-state index contributed by atoms with van der Waals surface area (Å²) in [5, 5.41) is 0. The van der Waals surface area contributed by atoms with E-state index in [-0.39, 0.29) is 5.54 Å². The fourth-order valence-electron chi connectivity index (χ4n) is 2.09. The Balaban J connectivity index is 2.66. The van der Waals surface area contributed by atoms with Crippen LogP contribution in [0.15, 0.2) is 0 Å². The zero-order valence-electron chi connectivity index (χ0n) is 8.34. The third kappa shape index (κ3) is 1.69. The van der Waals surface area contributed by atoms with Crippen molar-refractivity contribution in [3.8, 4) is 0 Å². The molecule has 12 heavy (non-hydrogen) atoms. The van der Waals surface area contributed by atoms with Crippen LogP contribution >= 0.6 is 0 Å². The Labute approximate surface area is 74.9 Å². The van der Waals surface area contributed by atoms with Crippen molar-refractivity contribution >= 4 is 6.29 Å². The lowest BCUT2D eigenvalue weighted by Crippen LogP contribution is -2.47. The van der Waals surface area contributed by atoms with E-state index in [0.717, 1.165) is 19.3 Å². The second-order valence-electron chi connectivity index (χ2n) is 4.17. The normalized spacial score (nSPS) is 26.1. The molecule has 0 aromatic rings. The lowest BCUT2D eigenvalue weighted by molar-refractivity contribution is -0.117. The molecule has 1 fully saturated rings. The van der Waals surface area contributed by atoms with E-state index in [2.05, 4.69) is 11.8 Å². The molecule has 70 valence electrons. The second-order valence-corrected chi connectivity index (χ2v) is 4.17. The molecule has 2 heteroatoms. The van der Waals surface area contributed by atoms with Crippen molar-refractivity contribution in [1.29, 1.82) is 0 Å². The molecule has 0 N–H and O–H groups in total. The van der Waals surface area contributed by atoms with Gasteiger partial charge in [0.1, 0.15) is 6.29 Å². The van der Waals surface area contributed by atoms with Crippen molar-refractivity contribution in [2.45, 2.75) is 51.6 Å². The average Bonchev–Trinajstić information content (AvgIpc) is 2.52. The molecule has 1 aliphatic rings. The van der Waals surface area contributed by atoms with Gasteiger partial charge in [-0.05, 0) is 39.7 Å². The highest BCUT2D eigenvalue weighted by molar-refractivity contribution is 5.62. The molecular formula is C10H19NO. The first-order valence-electron chi connectivity index (χ1n) is 4.85. The van der Waals surface area contributed by atoms with Crippen LogP contribution in [0, 0.1) is 0 Å². The zero-order valence-corrected chi connectivity index (χ0v) is 8.34. The molecule has 1 rings (SSSR count). The highest BCUT2D eigenvalue weighted by Crippen LogP contribution is 2.26. The molecule has 0 saturated carbocycles. The molecule has 0 radical (unpaired) electrons. The maximum Gasteiger partial charge on any atom is 0.139 e. The standard InChI is InChI=1S/C10H19NO/c1-4-9-6-5-7-11(9)10(2,3)8-12/h8-9H,4-7H2,1-3H3. The Kier molecular flexibility index (Phi) is 2.89. The molecule has 1 heterocycles. The minimum atomic E-state index is -0.253. The highest BCUT2D eigenvalue weighted by atomic mass is 16.1. The topological polar surface area (TPSA) is 20.3 Å². The Morgan fingerprint density at radius 2 is 2.25 bits per heavy atom. The minimum Gasteiger partial charge on any atom is -0.301 e. The van der Waals surface area contributed by atoms with Gasteiger partial charge in [-0.1, -0.05) is 6.92 Å². The number of hydrogen-bond acceptors (Lipinski definition) is 2. The van der Waals surface area contributed by atoms with Crippen molar-refractivity contribution in [3.63, 3.8) is 0 Å². The summed E-state index contributed by atoms with van der Waals surface area (Å²) in [6.45, 7) is 7.30. The Hall–Kier alpha value is -0.370. The predicted octanol–water partition coefficient (Wildman–Crippen LogP) is 1.84. The summed E-state index contributed by atoms with van der Waals surface area (Å²) < 4.78 is 0. The number of carbonyl (C=O) groups is 1. The summed E-state index contributed by atoms with van der Waals surface area (Å²) in [6.07, 6.45) is 4.74. The van der Waals surface area contributed by atoms with E-state index in [9.17, 15) is 4.79 Å². The van der Waals surface area contributed by atoms with Gasteiger partial charge < -0.3 is 4.79 Å². The second kappa shape index (κ2) is 3.56. The first kappa shape index (κ1) is 9.72. The SMILES string of the molecule is CCC1CCCN1C(C)(C)C=O. The largest absolute Gasteiger partial charge is 0.301 e. The van der Waals surface area contributed by atoms with Gasteiger partial charge in [0.2, 0.25) is 0 Å². The molecule has 0 bridgehead atoms. The van der Waals surface area contributed by atoms with Crippen LogP contribution in [0.3, 0.4) is 0 Å². The molecule has 0 aromatic carbocycles. The minimum absolute atomic E-state index is 0.253. The summed E-state index contributed by atoms with van der Waals surface area (Å²) in [5.74, 6) is 0. The van der Waals surface area contributed by atoms with Crippen molar-refractivity contribution < 1.29 is 4.79 Å². The maximum absolute atomic E-state index is 10.8. The van der Waals surface area contributed by atoms with Crippen LogP contribution in [0.4, 0.5) is 0 Å². The van der Waals surface area contributed by atoms with Crippen LogP contribution in [0.5, 0.6) is 0 Å². The molecule has 0 amide bonds. The summed E-state index contributed by atoms with van der Waals surface area (Å²) in [6, 6.07) is 0.630. The molecular weight excluding hydrogens is 150 g/mol.